The molecule has 0 saturated carbocycles. The van der Waals surface area contributed by atoms with Gasteiger partial charge in [0.05, 0.1) is 5.56 Å². The molecule has 102 valence electrons. The van der Waals surface area contributed by atoms with Gasteiger partial charge in [-0.3, -0.25) is 4.98 Å². The summed E-state index contributed by atoms with van der Waals surface area (Å²) in [5.74, 6) is 0.695. The highest BCUT2D eigenvalue weighted by Crippen LogP contribution is 2.28. The average molecular weight is 288 g/mol. The predicted molar refractivity (Wildman–Crippen MR) is 66.1 cm³/mol. The molecule has 0 saturated heterocycles. The molecule has 1 N–H and O–H groups in total. The smallest absolute Gasteiger partial charge is 0.360 e. The number of halogens is 3. The Balaban J connectivity index is 1.86. The summed E-state index contributed by atoms with van der Waals surface area (Å²) < 4.78 is 41.0. The lowest BCUT2D eigenvalue weighted by molar-refractivity contribution is -0.137. The Kier molecular flexibility index (Phi) is 3.98. The quantitative estimate of drug-likeness (QED) is 0.940. The molecule has 2 aromatic rings. The van der Waals surface area contributed by atoms with Gasteiger partial charge in [-0.15, -0.1) is 0 Å². The molecule has 8 heteroatoms. The van der Waals surface area contributed by atoms with E-state index in [-0.39, 0.29) is 0 Å². The van der Waals surface area contributed by atoms with Crippen molar-refractivity contribution in [2.45, 2.75) is 19.5 Å². The maximum atomic E-state index is 12.3. The molecular weight excluding hydrogens is 277 g/mol. The SMILES string of the molecule is Cc1nsc(NCCc2ccc(C(F)(F)F)cn2)n1. The van der Waals surface area contributed by atoms with Crippen molar-refractivity contribution in [3.63, 3.8) is 0 Å². The number of hydrogen-bond acceptors (Lipinski definition) is 5. The normalized spacial score (nSPS) is 11.6. The number of anilines is 1. The van der Waals surface area contributed by atoms with Gasteiger partial charge in [0, 0.05) is 36.4 Å². The van der Waals surface area contributed by atoms with E-state index in [0.29, 0.717) is 29.6 Å². The number of aromatic nitrogens is 3. The van der Waals surface area contributed by atoms with E-state index in [9.17, 15) is 13.2 Å². The molecule has 0 aliphatic rings. The highest BCUT2D eigenvalue weighted by atomic mass is 32.1. The van der Waals surface area contributed by atoms with Crippen LogP contribution in [0.3, 0.4) is 0 Å². The summed E-state index contributed by atoms with van der Waals surface area (Å²) in [5, 5.41) is 3.74. The van der Waals surface area contributed by atoms with E-state index in [2.05, 4.69) is 19.7 Å². The molecule has 19 heavy (non-hydrogen) atoms. The minimum absolute atomic E-state index is 0.525. The highest BCUT2D eigenvalue weighted by Gasteiger charge is 2.30. The summed E-state index contributed by atoms with van der Waals surface area (Å²) in [6.07, 6.45) is -2.96. The first-order chi connectivity index (χ1) is 8.95. The molecule has 2 rings (SSSR count). The van der Waals surface area contributed by atoms with Crippen LogP contribution in [0.5, 0.6) is 0 Å². The second-order valence-electron chi connectivity index (χ2n) is 3.86. The molecule has 2 heterocycles. The number of pyridine rings is 1. The summed E-state index contributed by atoms with van der Waals surface area (Å²) in [6.45, 7) is 2.34. The minimum Gasteiger partial charge on any atom is -0.360 e. The van der Waals surface area contributed by atoms with Crippen LogP contribution in [0.25, 0.3) is 0 Å². The Labute approximate surface area is 111 Å². The predicted octanol–water partition coefficient (Wildman–Crippen LogP) is 2.91. The van der Waals surface area contributed by atoms with E-state index in [1.54, 1.807) is 6.92 Å². The molecule has 0 aliphatic carbocycles. The van der Waals surface area contributed by atoms with Crippen molar-refractivity contribution in [2.24, 2.45) is 0 Å². The third-order valence-corrected chi connectivity index (χ3v) is 3.10. The molecule has 0 bridgehead atoms. The number of alkyl halides is 3. The summed E-state index contributed by atoms with van der Waals surface area (Å²) in [6, 6.07) is 2.42. The largest absolute Gasteiger partial charge is 0.417 e. The van der Waals surface area contributed by atoms with Gasteiger partial charge < -0.3 is 5.32 Å². The second kappa shape index (κ2) is 5.52. The first-order valence-electron chi connectivity index (χ1n) is 5.51. The Morgan fingerprint density at radius 1 is 1.32 bits per heavy atom. The van der Waals surface area contributed by atoms with Crippen molar-refractivity contribution in [3.05, 3.63) is 35.4 Å². The Morgan fingerprint density at radius 3 is 2.63 bits per heavy atom. The first kappa shape index (κ1) is 13.7. The fourth-order valence-corrected chi connectivity index (χ4v) is 2.01. The zero-order valence-corrected chi connectivity index (χ0v) is 10.8. The summed E-state index contributed by atoms with van der Waals surface area (Å²) in [4.78, 5) is 7.90. The Morgan fingerprint density at radius 2 is 2.11 bits per heavy atom. The highest BCUT2D eigenvalue weighted by molar-refractivity contribution is 7.09. The third kappa shape index (κ3) is 3.88. The van der Waals surface area contributed by atoms with Crippen LogP contribution in [0.2, 0.25) is 0 Å². The minimum atomic E-state index is -4.34. The van der Waals surface area contributed by atoms with Crippen LogP contribution >= 0.6 is 11.5 Å². The van der Waals surface area contributed by atoms with Gasteiger partial charge in [-0.2, -0.15) is 17.5 Å². The number of rotatable bonds is 4. The Hall–Kier alpha value is -1.70. The van der Waals surface area contributed by atoms with Crippen molar-refractivity contribution in [2.75, 3.05) is 11.9 Å². The van der Waals surface area contributed by atoms with Crippen molar-refractivity contribution in [1.29, 1.82) is 0 Å². The molecule has 0 spiro atoms. The average Bonchev–Trinajstić information content (AvgIpc) is 2.75. The van der Waals surface area contributed by atoms with Crippen LogP contribution in [-0.2, 0) is 12.6 Å². The first-order valence-corrected chi connectivity index (χ1v) is 6.29. The monoisotopic (exact) mass is 288 g/mol. The maximum Gasteiger partial charge on any atom is 0.417 e. The van der Waals surface area contributed by atoms with Gasteiger partial charge in [0.25, 0.3) is 0 Å². The van der Waals surface area contributed by atoms with Crippen molar-refractivity contribution < 1.29 is 13.2 Å². The van der Waals surface area contributed by atoms with Gasteiger partial charge in [0.15, 0.2) is 0 Å². The molecule has 2 aromatic heterocycles. The summed E-state index contributed by atoms with van der Waals surface area (Å²) >= 11 is 1.25. The van der Waals surface area contributed by atoms with E-state index < -0.39 is 11.7 Å². The molecule has 0 amide bonds. The van der Waals surface area contributed by atoms with Gasteiger partial charge in [-0.05, 0) is 19.1 Å². The van der Waals surface area contributed by atoms with Gasteiger partial charge >= 0.3 is 6.18 Å². The molecular formula is C11H11F3N4S. The lowest BCUT2D eigenvalue weighted by atomic mass is 10.2. The fourth-order valence-electron chi connectivity index (χ4n) is 1.41. The molecule has 0 aromatic carbocycles. The van der Waals surface area contributed by atoms with E-state index in [4.69, 9.17) is 0 Å². The van der Waals surface area contributed by atoms with E-state index in [1.165, 1.54) is 17.6 Å². The van der Waals surface area contributed by atoms with Crippen molar-refractivity contribution in [1.82, 2.24) is 14.3 Å². The Bertz CT molecular complexity index is 536. The van der Waals surface area contributed by atoms with Crippen LogP contribution in [0.15, 0.2) is 18.3 Å². The standard InChI is InChI=1S/C11H11F3N4S/c1-7-17-10(19-18-7)15-5-4-9-3-2-8(6-16-9)11(12,13)14/h2-3,6H,4-5H2,1H3,(H,15,17,18). The van der Waals surface area contributed by atoms with E-state index in [1.807, 2.05) is 0 Å². The number of nitrogens with zero attached hydrogens (tertiary/aromatic N) is 3. The van der Waals surface area contributed by atoms with Gasteiger partial charge in [0.1, 0.15) is 5.82 Å². The zero-order valence-electron chi connectivity index (χ0n) is 10.0. The lowest BCUT2D eigenvalue weighted by Gasteiger charge is -2.07. The third-order valence-electron chi connectivity index (χ3n) is 2.34. The van der Waals surface area contributed by atoms with Crippen molar-refractivity contribution in [3.8, 4) is 0 Å². The van der Waals surface area contributed by atoms with Gasteiger partial charge in [-0.25, -0.2) is 4.98 Å². The summed E-state index contributed by atoms with van der Waals surface area (Å²) in [5.41, 5.74) is -0.134. The van der Waals surface area contributed by atoms with Crippen LogP contribution < -0.4 is 5.32 Å². The molecule has 0 radical (unpaired) electrons. The molecule has 4 nitrogen and oxygen atoms in total. The fraction of sp³-hybridized carbons (Fsp3) is 0.364. The molecule has 0 aliphatic heterocycles. The molecule has 0 fully saturated rings. The molecule has 0 atom stereocenters. The van der Waals surface area contributed by atoms with E-state index in [0.717, 1.165) is 12.3 Å². The number of nitrogens with one attached hydrogen (secondary N) is 1. The summed E-state index contributed by atoms with van der Waals surface area (Å²) in [7, 11) is 0. The van der Waals surface area contributed by atoms with Gasteiger partial charge in [-0.1, -0.05) is 0 Å². The topological polar surface area (TPSA) is 50.7 Å². The van der Waals surface area contributed by atoms with E-state index >= 15 is 0 Å². The van der Waals surface area contributed by atoms with Crippen LogP contribution in [-0.4, -0.2) is 20.9 Å². The number of hydrogen-bond donors (Lipinski definition) is 1. The van der Waals surface area contributed by atoms with Crippen LogP contribution in [0, 0.1) is 6.92 Å². The van der Waals surface area contributed by atoms with Crippen molar-refractivity contribution >= 4 is 16.7 Å². The second-order valence-corrected chi connectivity index (χ2v) is 4.61. The molecule has 0 unspecified atom stereocenters. The van der Waals surface area contributed by atoms with Crippen LogP contribution in [0.4, 0.5) is 18.3 Å². The number of aryl methyl sites for hydroxylation is 1. The lowest BCUT2D eigenvalue weighted by Crippen LogP contribution is -2.08. The van der Waals surface area contributed by atoms with Gasteiger partial charge in [0.2, 0.25) is 5.13 Å². The maximum absolute atomic E-state index is 12.3. The van der Waals surface area contributed by atoms with Crippen LogP contribution in [0.1, 0.15) is 17.1 Å². The zero-order chi connectivity index (χ0) is 13.9.